The number of ether oxygens (including phenoxy) is 1. The molecule has 1 heterocycles. The fraction of sp³-hybridized carbons (Fsp3) is 0.111. The maximum absolute atomic E-state index is 12.2. The number of nitrogens with one attached hydrogen (secondary N) is 1. The number of aromatic hydroxyl groups is 1. The van der Waals surface area contributed by atoms with Crippen LogP contribution in [0.3, 0.4) is 0 Å². The summed E-state index contributed by atoms with van der Waals surface area (Å²) in [5.41, 5.74) is 2.53. The Balaban J connectivity index is 1.81. The highest BCUT2D eigenvalue weighted by molar-refractivity contribution is 9.10. The summed E-state index contributed by atoms with van der Waals surface area (Å²) in [6.07, 6.45) is 1.09. The largest absolute Gasteiger partial charge is 0.504 e. The summed E-state index contributed by atoms with van der Waals surface area (Å²) in [6, 6.07) is 9.09. The first-order valence-corrected chi connectivity index (χ1v) is 8.85. The zero-order chi connectivity index (χ0) is 20.3. The van der Waals surface area contributed by atoms with Crippen molar-refractivity contribution >= 4 is 44.7 Å². The van der Waals surface area contributed by atoms with Crippen LogP contribution in [0.2, 0.25) is 0 Å². The van der Waals surface area contributed by atoms with Gasteiger partial charge in [0.15, 0.2) is 17.3 Å². The average Bonchev–Trinajstić information content (AvgIpc) is 3.07. The van der Waals surface area contributed by atoms with Gasteiger partial charge in [-0.1, -0.05) is 15.9 Å². The number of non-ortho nitro benzene ring substituents is 1. The van der Waals surface area contributed by atoms with Crippen molar-refractivity contribution < 1.29 is 24.0 Å². The molecule has 0 atom stereocenters. The van der Waals surface area contributed by atoms with Crippen LogP contribution in [0.15, 0.2) is 50.4 Å². The van der Waals surface area contributed by atoms with Crippen molar-refractivity contribution in [2.45, 2.75) is 6.92 Å². The molecule has 28 heavy (non-hydrogen) atoms. The van der Waals surface area contributed by atoms with Gasteiger partial charge in [-0.05, 0) is 31.2 Å². The molecule has 0 aliphatic heterocycles. The highest BCUT2D eigenvalue weighted by atomic mass is 79.9. The summed E-state index contributed by atoms with van der Waals surface area (Å²) >= 11 is 3.34. The Labute approximate surface area is 166 Å². The van der Waals surface area contributed by atoms with Crippen LogP contribution in [-0.2, 0) is 0 Å². The van der Waals surface area contributed by atoms with Gasteiger partial charge in [0.05, 0.1) is 23.8 Å². The van der Waals surface area contributed by atoms with Crippen molar-refractivity contribution in [3.8, 4) is 11.5 Å². The molecule has 1 aromatic heterocycles. The highest BCUT2D eigenvalue weighted by Gasteiger charge is 2.17. The standard InChI is InChI=1S/C18H14BrN3O6/c1-2-27-15-8-13(22(25)26)6-11(17(15)23)9-20-21-18(24)16-7-10-5-12(19)3-4-14(10)28-16/h3-9,23H,2H2,1H3,(H,21,24)/b20-9+. The normalized spacial score (nSPS) is 11.1. The maximum Gasteiger partial charge on any atom is 0.307 e. The molecule has 0 bridgehead atoms. The number of halogens is 1. The van der Waals surface area contributed by atoms with Crippen molar-refractivity contribution in [3.63, 3.8) is 0 Å². The SMILES string of the molecule is CCOc1cc([N+](=O)[O-])cc(/C=N/NC(=O)c2cc3cc(Br)ccc3o2)c1O. The Morgan fingerprint density at radius 3 is 2.89 bits per heavy atom. The Morgan fingerprint density at radius 1 is 1.39 bits per heavy atom. The number of benzene rings is 2. The number of fused-ring (bicyclic) bond motifs is 1. The summed E-state index contributed by atoms with van der Waals surface area (Å²) in [5, 5.41) is 25.7. The van der Waals surface area contributed by atoms with E-state index in [1.54, 1.807) is 31.2 Å². The zero-order valence-corrected chi connectivity index (χ0v) is 16.1. The second-order valence-electron chi connectivity index (χ2n) is 5.56. The van der Waals surface area contributed by atoms with E-state index in [0.717, 1.165) is 28.2 Å². The number of nitro benzene ring substituents is 1. The van der Waals surface area contributed by atoms with Crippen LogP contribution in [0.4, 0.5) is 5.69 Å². The number of hydrogen-bond donors (Lipinski definition) is 2. The van der Waals surface area contributed by atoms with E-state index >= 15 is 0 Å². The van der Waals surface area contributed by atoms with E-state index in [0.29, 0.717) is 5.58 Å². The van der Waals surface area contributed by atoms with Gasteiger partial charge in [0.1, 0.15) is 5.58 Å². The number of nitro groups is 1. The van der Waals surface area contributed by atoms with E-state index in [-0.39, 0.29) is 35.1 Å². The molecule has 9 nitrogen and oxygen atoms in total. The van der Waals surface area contributed by atoms with Gasteiger partial charge < -0.3 is 14.3 Å². The molecule has 0 radical (unpaired) electrons. The molecule has 0 saturated heterocycles. The van der Waals surface area contributed by atoms with Crippen molar-refractivity contribution in [3.05, 3.63) is 62.3 Å². The molecule has 3 rings (SSSR count). The van der Waals surface area contributed by atoms with Gasteiger partial charge in [0.25, 0.3) is 5.69 Å². The van der Waals surface area contributed by atoms with E-state index in [4.69, 9.17) is 9.15 Å². The molecular formula is C18H14BrN3O6. The lowest BCUT2D eigenvalue weighted by molar-refractivity contribution is -0.385. The summed E-state index contributed by atoms with van der Waals surface area (Å²) in [7, 11) is 0. The van der Waals surface area contributed by atoms with Crippen LogP contribution >= 0.6 is 15.9 Å². The van der Waals surface area contributed by atoms with E-state index in [2.05, 4.69) is 26.5 Å². The zero-order valence-electron chi connectivity index (χ0n) is 14.5. The van der Waals surface area contributed by atoms with Crippen molar-refractivity contribution in [1.82, 2.24) is 5.43 Å². The number of nitrogens with zero attached hydrogens (tertiary/aromatic N) is 2. The van der Waals surface area contributed by atoms with Crippen molar-refractivity contribution in [2.75, 3.05) is 6.61 Å². The third kappa shape index (κ3) is 4.12. The molecule has 3 aromatic rings. The number of phenolic OH excluding ortho intramolecular Hbond substituents is 1. The number of furan rings is 1. The van der Waals surface area contributed by atoms with Gasteiger partial charge in [-0.25, -0.2) is 5.43 Å². The first-order valence-electron chi connectivity index (χ1n) is 8.05. The molecule has 0 aliphatic carbocycles. The molecule has 1 amide bonds. The average molecular weight is 448 g/mol. The first-order chi connectivity index (χ1) is 13.4. The molecule has 0 unspecified atom stereocenters. The van der Waals surface area contributed by atoms with E-state index in [9.17, 15) is 20.0 Å². The van der Waals surface area contributed by atoms with Crippen LogP contribution in [-0.4, -0.2) is 28.8 Å². The lowest BCUT2D eigenvalue weighted by atomic mass is 10.1. The van der Waals surface area contributed by atoms with Crippen LogP contribution < -0.4 is 10.2 Å². The van der Waals surface area contributed by atoms with Gasteiger partial charge in [0.2, 0.25) is 0 Å². The number of carbonyl (C=O) groups excluding carboxylic acids is 1. The molecular weight excluding hydrogens is 434 g/mol. The van der Waals surface area contributed by atoms with Crippen molar-refractivity contribution in [2.24, 2.45) is 5.10 Å². The molecule has 0 spiro atoms. The summed E-state index contributed by atoms with van der Waals surface area (Å²) < 4.78 is 11.5. The minimum Gasteiger partial charge on any atom is -0.504 e. The Bertz CT molecular complexity index is 1090. The second kappa shape index (κ2) is 8.09. The first kappa shape index (κ1) is 19.4. The molecule has 2 N–H and O–H groups in total. The Kier molecular flexibility index (Phi) is 5.59. The number of hydrogen-bond acceptors (Lipinski definition) is 7. The Morgan fingerprint density at radius 2 is 2.18 bits per heavy atom. The molecule has 144 valence electrons. The minimum atomic E-state index is -0.621. The van der Waals surface area contributed by atoms with Crippen LogP contribution in [0.1, 0.15) is 23.0 Å². The van der Waals surface area contributed by atoms with Gasteiger partial charge in [0, 0.05) is 21.5 Å². The summed E-state index contributed by atoms with van der Waals surface area (Å²) in [5.74, 6) is -0.937. The lowest BCUT2D eigenvalue weighted by Gasteiger charge is -2.07. The van der Waals surface area contributed by atoms with Crippen LogP contribution in [0.5, 0.6) is 11.5 Å². The number of amides is 1. The van der Waals surface area contributed by atoms with Crippen LogP contribution in [0, 0.1) is 10.1 Å². The second-order valence-corrected chi connectivity index (χ2v) is 6.48. The van der Waals surface area contributed by atoms with E-state index in [1.165, 1.54) is 0 Å². The van der Waals surface area contributed by atoms with Gasteiger partial charge in [-0.15, -0.1) is 0 Å². The smallest absolute Gasteiger partial charge is 0.307 e. The van der Waals surface area contributed by atoms with Crippen LogP contribution in [0.25, 0.3) is 11.0 Å². The number of rotatable bonds is 6. The fourth-order valence-electron chi connectivity index (χ4n) is 2.43. The quantitative estimate of drug-likeness (QED) is 0.334. The predicted molar refractivity (Wildman–Crippen MR) is 105 cm³/mol. The van der Waals surface area contributed by atoms with E-state index in [1.807, 2.05) is 0 Å². The fourth-order valence-corrected chi connectivity index (χ4v) is 2.80. The molecule has 0 fully saturated rings. The maximum atomic E-state index is 12.2. The Hall–Kier alpha value is -3.40. The minimum absolute atomic E-state index is 0.0199. The molecule has 0 aliphatic rings. The third-order valence-electron chi connectivity index (χ3n) is 3.67. The monoisotopic (exact) mass is 447 g/mol. The lowest BCUT2D eigenvalue weighted by Crippen LogP contribution is -2.16. The molecule has 2 aromatic carbocycles. The number of carbonyl (C=O) groups is 1. The van der Waals surface area contributed by atoms with Gasteiger partial charge >= 0.3 is 5.91 Å². The van der Waals surface area contributed by atoms with Gasteiger partial charge in [-0.2, -0.15) is 5.10 Å². The topological polar surface area (TPSA) is 127 Å². The van der Waals surface area contributed by atoms with Gasteiger partial charge in [-0.3, -0.25) is 14.9 Å². The summed E-state index contributed by atoms with van der Waals surface area (Å²) in [4.78, 5) is 22.6. The predicted octanol–water partition coefficient (Wildman–Crippen LogP) is 3.97. The molecule has 0 saturated carbocycles. The number of phenols is 1. The van der Waals surface area contributed by atoms with E-state index < -0.39 is 10.8 Å². The highest BCUT2D eigenvalue weighted by Crippen LogP contribution is 2.33. The summed E-state index contributed by atoms with van der Waals surface area (Å²) in [6.45, 7) is 1.89. The molecule has 10 heteroatoms. The number of hydrazone groups is 1. The van der Waals surface area contributed by atoms with Crippen molar-refractivity contribution in [1.29, 1.82) is 0 Å². The third-order valence-corrected chi connectivity index (χ3v) is 4.16.